The molecule has 1 aromatic heterocycles. The van der Waals surface area contributed by atoms with Crippen LogP contribution < -0.4 is 5.48 Å². The van der Waals surface area contributed by atoms with Gasteiger partial charge in [-0.25, -0.2) is 9.87 Å². The van der Waals surface area contributed by atoms with Gasteiger partial charge < -0.3 is 9.32 Å². The monoisotopic (exact) mass is 406 g/mol. The van der Waals surface area contributed by atoms with Gasteiger partial charge in [0.05, 0.1) is 0 Å². The smallest absolute Gasteiger partial charge is 0.310 e. The Balaban J connectivity index is 1.65. The summed E-state index contributed by atoms with van der Waals surface area (Å²) in [5.41, 5.74) is 4.17. The fraction of sp³-hybridized carbons (Fsp3) is 0.130. The van der Waals surface area contributed by atoms with Crippen molar-refractivity contribution < 1.29 is 23.6 Å². The first-order valence-electron chi connectivity index (χ1n) is 9.43. The Kier molecular flexibility index (Phi) is 5.45. The van der Waals surface area contributed by atoms with Gasteiger partial charge in [0, 0.05) is 30.6 Å². The maximum atomic E-state index is 13.4. The third-order valence-electron chi connectivity index (χ3n) is 4.98. The molecule has 30 heavy (non-hydrogen) atoms. The van der Waals surface area contributed by atoms with E-state index in [1.807, 2.05) is 30.3 Å². The zero-order chi connectivity index (χ0) is 21.1. The maximum Gasteiger partial charge on any atom is 0.310 e. The number of carbonyl (C=O) groups is 2. The van der Waals surface area contributed by atoms with Crippen LogP contribution in [0.4, 0.5) is 4.39 Å². The molecule has 2 heterocycles. The molecule has 0 saturated heterocycles. The van der Waals surface area contributed by atoms with Gasteiger partial charge in [0.2, 0.25) is 0 Å². The molecule has 4 rings (SSSR count). The highest BCUT2D eigenvalue weighted by molar-refractivity contribution is 6.24. The molecule has 6 nitrogen and oxygen atoms in total. The Morgan fingerprint density at radius 3 is 2.53 bits per heavy atom. The average Bonchev–Trinajstić information content (AvgIpc) is 3.21. The number of carbonyl (C=O) groups excluding carboxylic acids is 2. The van der Waals surface area contributed by atoms with Crippen molar-refractivity contribution in [1.29, 1.82) is 0 Å². The van der Waals surface area contributed by atoms with E-state index in [0.29, 0.717) is 35.4 Å². The lowest BCUT2D eigenvalue weighted by atomic mass is 9.99. The highest BCUT2D eigenvalue weighted by atomic mass is 19.1. The molecule has 0 spiro atoms. The van der Waals surface area contributed by atoms with Crippen molar-refractivity contribution in [3.05, 3.63) is 94.7 Å². The number of hydroxylamine groups is 1. The van der Waals surface area contributed by atoms with Crippen molar-refractivity contribution in [3.63, 3.8) is 0 Å². The van der Waals surface area contributed by atoms with Crippen LogP contribution in [0.25, 0.3) is 11.6 Å². The molecule has 7 heteroatoms. The first kappa shape index (κ1) is 19.6. The van der Waals surface area contributed by atoms with Gasteiger partial charge in [-0.1, -0.05) is 42.5 Å². The number of hydrogen-bond acceptors (Lipinski definition) is 4. The summed E-state index contributed by atoms with van der Waals surface area (Å²) in [6.07, 6.45) is 2.23. The molecule has 2 amide bonds. The van der Waals surface area contributed by atoms with Crippen LogP contribution in [0.5, 0.6) is 0 Å². The number of benzene rings is 2. The van der Waals surface area contributed by atoms with Crippen LogP contribution in [0.15, 0.2) is 65.1 Å². The highest BCUT2D eigenvalue weighted by Crippen LogP contribution is 2.27. The minimum absolute atomic E-state index is 0.00427. The van der Waals surface area contributed by atoms with Crippen LogP contribution in [0.1, 0.15) is 33.0 Å². The summed E-state index contributed by atoms with van der Waals surface area (Å²) in [6.45, 7) is 0.677. The predicted molar refractivity (Wildman–Crippen MR) is 108 cm³/mol. The van der Waals surface area contributed by atoms with Crippen LogP contribution in [0.2, 0.25) is 0 Å². The fourth-order valence-electron chi connectivity index (χ4n) is 3.46. The maximum absolute atomic E-state index is 13.4. The van der Waals surface area contributed by atoms with Gasteiger partial charge in [-0.2, -0.15) is 0 Å². The molecular formula is C23H19FN2O4. The molecule has 2 N–H and O–H groups in total. The van der Waals surface area contributed by atoms with Crippen molar-refractivity contribution in [1.82, 2.24) is 10.4 Å². The summed E-state index contributed by atoms with van der Waals surface area (Å²) >= 11 is 0. The number of nitrogens with zero attached hydrogens (tertiary/aromatic N) is 1. The lowest BCUT2D eigenvalue weighted by Crippen LogP contribution is -2.36. The Morgan fingerprint density at radius 1 is 1.10 bits per heavy atom. The standard InChI is InChI=1S/C23H19FN2O4/c24-18-8-6-16(7-9-18)19(12-15-4-2-1-3-5-15)23(28)26-11-10-20-17(14-26)13-21(30-20)22(27)25-29/h1-9,12-13,29H,10-11,14H2,(H,25,27)/b19-12+. The molecule has 0 saturated carbocycles. The minimum Gasteiger partial charge on any atom is -0.455 e. The topological polar surface area (TPSA) is 82.8 Å². The highest BCUT2D eigenvalue weighted by Gasteiger charge is 2.28. The van der Waals surface area contributed by atoms with Crippen LogP contribution in [0.3, 0.4) is 0 Å². The van der Waals surface area contributed by atoms with Crippen molar-refractivity contribution in [2.45, 2.75) is 13.0 Å². The number of furan rings is 1. The van der Waals surface area contributed by atoms with Crippen molar-refractivity contribution in [2.24, 2.45) is 0 Å². The summed E-state index contributed by atoms with van der Waals surface area (Å²) in [5.74, 6) is -0.701. The lowest BCUT2D eigenvalue weighted by molar-refractivity contribution is -0.125. The molecule has 0 unspecified atom stereocenters. The van der Waals surface area contributed by atoms with Crippen molar-refractivity contribution in [2.75, 3.05) is 6.54 Å². The summed E-state index contributed by atoms with van der Waals surface area (Å²) in [4.78, 5) is 26.7. The quantitative estimate of drug-likeness (QED) is 0.300. The van der Waals surface area contributed by atoms with E-state index in [0.717, 1.165) is 5.56 Å². The van der Waals surface area contributed by atoms with Gasteiger partial charge in [-0.15, -0.1) is 0 Å². The van der Waals surface area contributed by atoms with Gasteiger partial charge in [-0.3, -0.25) is 14.8 Å². The Bertz CT molecular complexity index is 1100. The van der Waals surface area contributed by atoms with Gasteiger partial charge >= 0.3 is 5.91 Å². The second-order valence-electron chi connectivity index (χ2n) is 6.95. The third kappa shape index (κ3) is 4.01. The number of amides is 2. The van der Waals surface area contributed by atoms with Crippen molar-refractivity contribution >= 4 is 23.5 Å². The molecule has 0 bridgehead atoms. The van der Waals surface area contributed by atoms with E-state index in [2.05, 4.69) is 0 Å². The summed E-state index contributed by atoms with van der Waals surface area (Å²) in [6, 6.07) is 16.8. The number of rotatable bonds is 4. The van der Waals surface area contributed by atoms with E-state index < -0.39 is 5.91 Å². The van der Waals surface area contributed by atoms with Crippen LogP contribution in [-0.4, -0.2) is 28.5 Å². The number of halogens is 1. The van der Waals surface area contributed by atoms with Gasteiger partial charge in [0.15, 0.2) is 5.76 Å². The first-order valence-corrected chi connectivity index (χ1v) is 9.43. The second-order valence-corrected chi connectivity index (χ2v) is 6.95. The molecular weight excluding hydrogens is 387 g/mol. The molecule has 1 aliphatic heterocycles. The van der Waals surface area contributed by atoms with Crippen LogP contribution in [0, 0.1) is 5.82 Å². The second kappa shape index (κ2) is 8.34. The molecule has 0 atom stereocenters. The van der Waals surface area contributed by atoms with Gasteiger partial charge in [0.1, 0.15) is 11.6 Å². The minimum atomic E-state index is -0.738. The summed E-state index contributed by atoms with van der Waals surface area (Å²) in [5, 5.41) is 8.79. The number of fused-ring (bicyclic) bond motifs is 1. The van der Waals surface area contributed by atoms with Crippen LogP contribution in [-0.2, 0) is 17.8 Å². The molecule has 3 aromatic rings. The van der Waals surface area contributed by atoms with E-state index in [1.54, 1.807) is 28.6 Å². The summed E-state index contributed by atoms with van der Waals surface area (Å²) < 4.78 is 18.9. The van der Waals surface area contributed by atoms with E-state index >= 15 is 0 Å². The predicted octanol–water partition coefficient (Wildman–Crippen LogP) is 3.66. The third-order valence-corrected chi connectivity index (χ3v) is 4.98. The Morgan fingerprint density at radius 2 is 1.83 bits per heavy atom. The van der Waals surface area contributed by atoms with Crippen LogP contribution >= 0.6 is 0 Å². The van der Waals surface area contributed by atoms with Gasteiger partial charge in [0.25, 0.3) is 5.91 Å². The zero-order valence-electron chi connectivity index (χ0n) is 16.0. The number of hydrogen-bond donors (Lipinski definition) is 2. The molecule has 0 aliphatic carbocycles. The Hall–Kier alpha value is -3.71. The lowest BCUT2D eigenvalue weighted by Gasteiger charge is -2.27. The molecule has 2 aromatic carbocycles. The molecule has 0 radical (unpaired) electrons. The fourth-order valence-corrected chi connectivity index (χ4v) is 3.46. The Labute approximate surface area is 172 Å². The molecule has 1 aliphatic rings. The van der Waals surface area contributed by atoms with E-state index in [4.69, 9.17) is 9.62 Å². The molecule has 0 fully saturated rings. The SMILES string of the molecule is O=C(NO)c1cc2c(o1)CCN(C(=O)/C(=C/c1ccccc1)c1ccc(F)cc1)C2. The largest absolute Gasteiger partial charge is 0.455 e. The first-order chi connectivity index (χ1) is 14.5. The number of nitrogens with one attached hydrogen (secondary N) is 1. The van der Waals surface area contributed by atoms with E-state index in [-0.39, 0.29) is 24.0 Å². The average molecular weight is 406 g/mol. The van der Waals surface area contributed by atoms with Crippen molar-refractivity contribution in [3.8, 4) is 0 Å². The van der Waals surface area contributed by atoms with E-state index in [1.165, 1.54) is 18.2 Å². The zero-order valence-corrected chi connectivity index (χ0v) is 16.0. The molecule has 152 valence electrons. The van der Waals surface area contributed by atoms with Gasteiger partial charge in [-0.05, 0) is 35.4 Å². The summed E-state index contributed by atoms with van der Waals surface area (Å²) in [7, 11) is 0. The van der Waals surface area contributed by atoms with E-state index in [9.17, 15) is 14.0 Å². The normalized spacial score (nSPS) is 13.7.